The molecule has 0 spiro atoms. The Morgan fingerprint density at radius 3 is 2.77 bits per heavy atom. The maximum Gasteiger partial charge on any atom is 0.256 e. The number of fused-ring (bicyclic) bond motifs is 1. The van der Waals surface area contributed by atoms with E-state index in [0.717, 1.165) is 36.5 Å². The topological polar surface area (TPSA) is 66.8 Å². The fourth-order valence-electron chi connectivity index (χ4n) is 2.96. The van der Waals surface area contributed by atoms with Crippen LogP contribution >= 0.6 is 11.8 Å². The van der Waals surface area contributed by atoms with Gasteiger partial charge in [-0.05, 0) is 20.1 Å². The number of nitrogens with zero attached hydrogens (tertiary/aromatic N) is 4. The second-order valence-corrected chi connectivity index (χ2v) is 6.53. The molecule has 0 saturated carbocycles. The van der Waals surface area contributed by atoms with E-state index in [-0.39, 0.29) is 5.56 Å². The van der Waals surface area contributed by atoms with Gasteiger partial charge in [0.25, 0.3) is 5.56 Å². The van der Waals surface area contributed by atoms with Crippen molar-refractivity contribution in [3.05, 3.63) is 38.6 Å². The molecule has 0 radical (unpaired) electrons. The third-order valence-corrected chi connectivity index (χ3v) is 4.94. The van der Waals surface area contributed by atoms with E-state index in [4.69, 9.17) is 0 Å². The first-order valence-corrected chi connectivity index (χ1v) is 8.59. The van der Waals surface area contributed by atoms with E-state index >= 15 is 0 Å². The third-order valence-electron chi connectivity index (χ3n) is 4.36. The summed E-state index contributed by atoms with van der Waals surface area (Å²) >= 11 is 1.47. The zero-order chi connectivity index (χ0) is 15.9. The summed E-state index contributed by atoms with van der Waals surface area (Å²) < 4.78 is 1.92. The highest BCUT2D eigenvalue weighted by Gasteiger charge is 2.22. The Morgan fingerprint density at radius 2 is 2.14 bits per heavy atom. The second kappa shape index (κ2) is 5.89. The van der Waals surface area contributed by atoms with Crippen molar-refractivity contribution >= 4 is 11.8 Å². The standard InChI is InChI=1S/C15H21N5OS/c1-9-11(10(2)19(3)18-9)7-20-6-5-13-12(8-20)14(21)17-15(16-13)22-4/h5-8H2,1-4H3,(H,16,17,21). The van der Waals surface area contributed by atoms with E-state index < -0.39 is 0 Å². The number of aromatic nitrogens is 4. The summed E-state index contributed by atoms with van der Waals surface area (Å²) in [5.74, 6) is 0. The second-order valence-electron chi connectivity index (χ2n) is 5.73. The van der Waals surface area contributed by atoms with Crippen LogP contribution in [0.15, 0.2) is 9.95 Å². The molecule has 7 heteroatoms. The molecular formula is C15H21N5OS. The van der Waals surface area contributed by atoms with Gasteiger partial charge in [-0.3, -0.25) is 14.4 Å². The van der Waals surface area contributed by atoms with Crippen LogP contribution in [0.2, 0.25) is 0 Å². The molecule has 0 bridgehead atoms. The number of thioether (sulfide) groups is 1. The molecule has 118 valence electrons. The van der Waals surface area contributed by atoms with Crippen LogP contribution in [0.1, 0.15) is 28.2 Å². The lowest BCUT2D eigenvalue weighted by molar-refractivity contribution is 0.240. The summed E-state index contributed by atoms with van der Waals surface area (Å²) in [4.78, 5) is 21.9. The van der Waals surface area contributed by atoms with Crippen molar-refractivity contribution in [3.63, 3.8) is 0 Å². The minimum absolute atomic E-state index is 0.00122. The smallest absolute Gasteiger partial charge is 0.256 e. The monoisotopic (exact) mass is 319 g/mol. The van der Waals surface area contributed by atoms with Gasteiger partial charge >= 0.3 is 0 Å². The molecule has 6 nitrogen and oxygen atoms in total. The fourth-order valence-corrected chi connectivity index (χ4v) is 3.36. The van der Waals surface area contributed by atoms with Crippen LogP contribution in [0.4, 0.5) is 0 Å². The Bertz CT molecular complexity index is 764. The number of H-pyrrole nitrogens is 1. The molecule has 2 aromatic rings. The first-order chi connectivity index (χ1) is 10.5. The van der Waals surface area contributed by atoms with Crippen LogP contribution in [0.25, 0.3) is 0 Å². The molecule has 0 aliphatic carbocycles. The van der Waals surface area contributed by atoms with Crippen molar-refractivity contribution in [1.29, 1.82) is 0 Å². The number of hydrogen-bond acceptors (Lipinski definition) is 5. The molecule has 22 heavy (non-hydrogen) atoms. The summed E-state index contributed by atoms with van der Waals surface area (Å²) in [6, 6.07) is 0. The Morgan fingerprint density at radius 1 is 1.36 bits per heavy atom. The van der Waals surface area contributed by atoms with Gasteiger partial charge in [0.2, 0.25) is 0 Å². The van der Waals surface area contributed by atoms with Crippen LogP contribution in [-0.2, 0) is 26.6 Å². The van der Waals surface area contributed by atoms with Crippen molar-refractivity contribution in [3.8, 4) is 0 Å². The van der Waals surface area contributed by atoms with Crippen LogP contribution in [0.5, 0.6) is 0 Å². The molecule has 0 aromatic carbocycles. The summed E-state index contributed by atoms with van der Waals surface area (Å²) in [7, 11) is 1.97. The number of rotatable bonds is 3. The van der Waals surface area contributed by atoms with Gasteiger partial charge in [0, 0.05) is 44.4 Å². The Labute approximate surface area is 133 Å². The maximum absolute atomic E-state index is 12.2. The number of hydrogen-bond donors (Lipinski definition) is 1. The summed E-state index contributed by atoms with van der Waals surface area (Å²) in [6.07, 6.45) is 2.75. The minimum atomic E-state index is -0.00122. The molecule has 3 rings (SSSR count). The first kappa shape index (κ1) is 15.3. The zero-order valence-electron chi connectivity index (χ0n) is 13.4. The summed E-state index contributed by atoms with van der Waals surface area (Å²) in [6.45, 7) is 6.53. The highest BCUT2D eigenvalue weighted by atomic mass is 32.2. The van der Waals surface area contributed by atoms with Gasteiger partial charge in [0.15, 0.2) is 5.16 Å². The van der Waals surface area contributed by atoms with E-state index in [1.54, 1.807) is 0 Å². The van der Waals surface area contributed by atoms with E-state index in [1.165, 1.54) is 23.0 Å². The highest BCUT2D eigenvalue weighted by molar-refractivity contribution is 7.98. The molecule has 0 unspecified atom stereocenters. The van der Waals surface area contributed by atoms with Gasteiger partial charge in [0.05, 0.1) is 17.0 Å². The van der Waals surface area contributed by atoms with Crippen LogP contribution in [0.3, 0.4) is 0 Å². The van der Waals surface area contributed by atoms with E-state index in [9.17, 15) is 4.79 Å². The van der Waals surface area contributed by atoms with Crippen molar-refractivity contribution in [2.45, 2.75) is 38.5 Å². The van der Waals surface area contributed by atoms with Gasteiger partial charge in [-0.2, -0.15) is 5.10 Å². The van der Waals surface area contributed by atoms with Gasteiger partial charge in [-0.25, -0.2) is 4.98 Å². The lowest BCUT2D eigenvalue weighted by Gasteiger charge is -2.27. The largest absolute Gasteiger partial charge is 0.301 e. The maximum atomic E-state index is 12.2. The molecule has 2 aromatic heterocycles. The molecule has 1 N–H and O–H groups in total. The molecule has 0 fully saturated rings. The van der Waals surface area contributed by atoms with Crippen molar-refractivity contribution in [2.75, 3.05) is 12.8 Å². The molecule has 0 saturated heterocycles. The van der Waals surface area contributed by atoms with E-state index in [1.807, 2.05) is 24.9 Å². The molecule has 3 heterocycles. The SMILES string of the molecule is CSc1nc2c(c(=O)[nH]1)CN(Cc1c(C)nn(C)c1C)CC2. The quantitative estimate of drug-likeness (QED) is 0.684. The van der Waals surface area contributed by atoms with Crippen LogP contribution in [-0.4, -0.2) is 37.4 Å². The summed E-state index contributed by atoms with van der Waals surface area (Å²) in [5.41, 5.74) is 5.27. The summed E-state index contributed by atoms with van der Waals surface area (Å²) in [5, 5.41) is 5.17. The Hall–Kier alpha value is -1.60. The van der Waals surface area contributed by atoms with Crippen LogP contribution in [0, 0.1) is 13.8 Å². The average Bonchev–Trinajstić information content (AvgIpc) is 2.74. The van der Waals surface area contributed by atoms with Gasteiger partial charge in [0.1, 0.15) is 0 Å². The molecule has 0 amide bonds. The van der Waals surface area contributed by atoms with Crippen molar-refractivity contribution in [1.82, 2.24) is 24.6 Å². The minimum Gasteiger partial charge on any atom is -0.301 e. The predicted octanol–water partition coefficient (Wildman–Crippen LogP) is 1.40. The predicted molar refractivity (Wildman–Crippen MR) is 87.1 cm³/mol. The van der Waals surface area contributed by atoms with Crippen molar-refractivity contribution in [2.24, 2.45) is 7.05 Å². The average molecular weight is 319 g/mol. The lowest BCUT2D eigenvalue weighted by Crippen LogP contribution is -2.35. The number of aromatic amines is 1. The zero-order valence-corrected chi connectivity index (χ0v) is 14.3. The molecule has 1 aliphatic heterocycles. The Balaban J connectivity index is 1.84. The van der Waals surface area contributed by atoms with E-state index in [0.29, 0.717) is 11.7 Å². The van der Waals surface area contributed by atoms with Crippen molar-refractivity contribution < 1.29 is 0 Å². The van der Waals surface area contributed by atoms with E-state index in [2.05, 4.69) is 26.9 Å². The first-order valence-electron chi connectivity index (χ1n) is 7.37. The van der Waals surface area contributed by atoms with Crippen LogP contribution < -0.4 is 5.56 Å². The highest BCUT2D eigenvalue weighted by Crippen LogP contribution is 2.20. The molecule has 1 aliphatic rings. The van der Waals surface area contributed by atoms with Gasteiger partial charge < -0.3 is 4.98 Å². The number of nitrogens with one attached hydrogen (secondary N) is 1. The molecular weight excluding hydrogens is 298 g/mol. The molecule has 0 atom stereocenters. The fraction of sp³-hybridized carbons (Fsp3) is 0.533. The Kier molecular flexibility index (Phi) is 4.10. The lowest BCUT2D eigenvalue weighted by atomic mass is 10.1. The van der Waals surface area contributed by atoms with Gasteiger partial charge in [-0.1, -0.05) is 11.8 Å². The van der Waals surface area contributed by atoms with Gasteiger partial charge in [-0.15, -0.1) is 0 Å². The number of aryl methyl sites for hydroxylation is 2. The third kappa shape index (κ3) is 2.70. The normalized spacial score (nSPS) is 15.1.